The first-order valence-electron chi connectivity index (χ1n) is 10.2. The van der Waals surface area contributed by atoms with Crippen LogP contribution < -0.4 is 10.1 Å². The number of carbonyl (C=O) groups excluding carboxylic acids is 1. The van der Waals surface area contributed by atoms with Crippen LogP contribution in [0.3, 0.4) is 0 Å². The lowest BCUT2D eigenvalue weighted by molar-refractivity contribution is 0.102. The summed E-state index contributed by atoms with van der Waals surface area (Å²) in [6.45, 7) is 0.843. The molecule has 12 heteroatoms. The minimum atomic E-state index is -3.83. The molecule has 1 heterocycles. The summed E-state index contributed by atoms with van der Waals surface area (Å²) < 4.78 is 58.9. The Morgan fingerprint density at radius 2 is 1.70 bits per heavy atom. The molecule has 3 rings (SSSR count). The fraction of sp³-hybridized carbons (Fsp3) is 0.381. The Hall–Kier alpha value is -2.18. The summed E-state index contributed by atoms with van der Waals surface area (Å²) in [6, 6.07) is 8.11. The van der Waals surface area contributed by atoms with Gasteiger partial charge in [-0.05, 0) is 49.2 Å². The molecule has 2 aromatic carbocycles. The fourth-order valence-electron chi connectivity index (χ4n) is 3.45. The van der Waals surface area contributed by atoms with Crippen LogP contribution in [0, 0.1) is 0 Å². The molecule has 0 saturated carbocycles. The van der Waals surface area contributed by atoms with E-state index in [4.69, 9.17) is 16.3 Å². The van der Waals surface area contributed by atoms with Crippen molar-refractivity contribution >= 4 is 43.2 Å². The van der Waals surface area contributed by atoms with Crippen molar-refractivity contribution in [2.24, 2.45) is 0 Å². The van der Waals surface area contributed by atoms with Gasteiger partial charge in [-0.1, -0.05) is 18.0 Å². The Bertz CT molecular complexity index is 1260. The van der Waals surface area contributed by atoms with Gasteiger partial charge in [0.25, 0.3) is 5.91 Å². The average Bonchev–Trinajstić information content (AvgIpc) is 2.79. The normalized spacial score (nSPS) is 15.4. The Morgan fingerprint density at radius 1 is 1.03 bits per heavy atom. The number of hydrogen-bond donors (Lipinski definition) is 1. The smallest absolute Gasteiger partial charge is 0.257 e. The first-order chi connectivity index (χ1) is 15.5. The van der Waals surface area contributed by atoms with Crippen LogP contribution in [0.4, 0.5) is 5.69 Å². The summed E-state index contributed by atoms with van der Waals surface area (Å²) in [6.07, 6.45) is 2.54. The summed E-state index contributed by atoms with van der Waals surface area (Å²) in [7, 11) is -3.47. The maximum Gasteiger partial charge on any atom is 0.257 e. The van der Waals surface area contributed by atoms with Crippen molar-refractivity contribution in [2.45, 2.75) is 29.1 Å². The first kappa shape index (κ1) is 25.4. The van der Waals surface area contributed by atoms with Crippen LogP contribution in [0.2, 0.25) is 5.02 Å². The van der Waals surface area contributed by atoms with Crippen LogP contribution in [0.1, 0.15) is 29.6 Å². The summed E-state index contributed by atoms with van der Waals surface area (Å²) >= 11 is 6.15. The van der Waals surface area contributed by atoms with Crippen molar-refractivity contribution in [2.75, 3.05) is 39.6 Å². The third-order valence-electron chi connectivity index (χ3n) is 5.32. The number of piperidine rings is 1. The van der Waals surface area contributed by atoms with Gasteiger partial charge >= 0.3 is 0 Å². The number of sulfonamides is 2. The number of benzene rings is 2. The molecular formula is C21H26ClN3O6S2. The molecule has 1 fully saturated rings. The van der Waals surface area contributed by atoms with Crippen molar-refractivity contribution in [3.8, 4) is 5.75 Å². The zero-order chi connectivity index (χ0) is 24.4. The van der Waals surface area contributed by atoms with Crippen molar-refractivity contribution in [3.05, 3.63) is 47.0 Å². The Kier molecular flexibility index (Phi) is 7.69. The molecular weight excluding hydrogens is 490 g/mol. The Labute approximate surface area is 199 Å². The lowest BCUT2D eigenvalue weighted by atomic mass is 10.2. The molecule has 0 atom stereocenters. The number of carbonyl (C=O) groups is 1. The second kappa shape index (κ2) is 9.98. The number of rotatable bonds is 7. The molecule has 0 unspecified atom stereocenters. The molecule has 33 heavy (non-hydrogen) atoms. The van der Waals surface area contributed by atoms with E-state index in [0.29, 0.717) is 13.1 Å². The molecule has 0 aliphatic carbocycles. The van der Waals surface area contributed by atoms with Crippen LogP contribution in [0.15, 0.2) is 46.2 Å². The van der Waals surface area contributed by atoms with E-state index in [-0.39, 0.29) is 31.8 Å². The van der Waals surface area contributed by atoms with E-state index >= 15 is 0 Å². The Morgan fingerprint density at radius 3 is 2.30 bits per heavy atom. The number of amides is 1. The van der Waals surface area contributed by atoms with Gasteiger partial charge in [0, 0.05) is 32.9 Å². The van der Waals surface area contributed by atoms with E-state index < -0.39 is 26.0 Å². The van der Waals surface area contributed by atoms with Gasteiger partial charge in [-0.2, -0.15) is 4.31 Å². The van der Waals surface area contributed by atoms with Gasteiger partial charge in [0.2, 0.25) is 20.0 Å². The van der Waals surface area contributed by atoms with Gasteiger partial charge < -0.3 is 10.1 Å². The van der Waals surface area contributed by atoms with E-state index in [1.165, 1.54) is 61.9 Å². The van der Waals surface area contributed by atoms with Crippen molar-refractivity contribution in [3.63, 3.8) is 0 Å². The van der Waals surface area contributed by atoms with Crippen LogP contribution in [0.25, 0.3) is 0 Å². The van der Waals surface area contributed by atoms with Crippen LogP contribution in [-0.4, -0.2) is 65.6 Å². The standard InChI is InChI=1S/C21H26ClN3O6S2/c1-24(2)32(27,28)16-8-9-18(22)17(14-16)21(26)23-15-7-10-19(31-3)20(13-15)33(29,30)25-11-5-4-6-12-25/h7-10,13-14H,4-6,11-12H2,1-3H3,(H,23,26). The number of hydrogen-bond acceptors (Lipinski definition) is 6. The zero-order valence-corrected chi connectivity index (χ0v) is 20.9. The highest BCUT2D eigenvalue weighted by Crippen LogP contribution is 2.32. The predicted octanol–water partition coefficient (Wildman–Crippen LogP) is 3.03. The van der Waals surface area contributed by atoms with Crippen molar-refractivity contribution < 1.29 is 26.4 Å². The van der Waals surface area contributed by atoms with E-state index in [0.717, 1.165) is 23.6 Å². The van der Waals surface area contributed by atoms with Crippen molar-refractivity contribution in [1.29, 1.82) is 0 Å². The van der Waals surface area contributed by atoms with Crippen molar-refractivity contribution in [1.82, 2.24) is 8.61 Å². The van der Waals surface area contributed by atoms with Crippen LogP contribution >= 0.6 is 11.6 Å². The molecule has 0 spiro atoms. The summed E-state index contributed by atoms with van der Waals surface area (Å²) in [4.78, 5) is 12.8. The topological polar surface area (TPSA) is 113 Å². The van der Waals surface area contributed by atoms with Gasteiger partial charge in [-0.3, -0.25) is 4.79 Å². The minimum Gasteiger partial charge on any atom is -0.495 e. The fourth-order valence-corrected chi connectivity index (χ4v) is 6.28. The zero-order valence-electron chi connectivity index (χ0n) is 18.5. The number of halogens is 1. The lowest BCUT2D eigenvalue weighted by Gasteiger charge is -2.26. The second-order valence-corrected chi connectivity index (χ2v) is 12.2. The highest BCUT2D eigenvalue weighted by molar-refractivity contribution is 7.89. The molecule has 1 aliphatic rings. The number of ether oxygens (including phenoxy) is 1. The number of methoxy groups -OCH3 is 1. The quantitative estimate of drug-likeness (QED) is 0.606. The molecule has 9 nitrogen and oxygen atoms in total. The van der Waals surface area contributed by atoms with E-state index in [9.17, 15) is 21.6 Å². The molecule has 0 radical (unpaired) electrons. The average molecular weight is 516 g/mol. The molecule has 180 valence electrons. The number of anilines is 1. The molecule has 1 N–H and O–H groups in total. The third-order valence-corrected chi connectivity index (χ3v) is 9.38. The molecule has 1 saturated heterocycles. The van der Waals surface area contributed by atoms with Gasteiger partial charge in [0.1, 0.15) is 10.6 Å². The first-order valence-corrected chi connectivity index (χ1v) is 13.5. The highest BCUT2D eigenvalue weighted by Gasteiger charge is 2.29. The van der Waals surface area contributed by atoms with E-state index in [2.05, 4.69) is 5.32 Å². The maximum absolute atomic E-state index is 13.2. The van der Waals surface area contributed by atoms with Gasteiger partial charge in [0.15, 0.2) is 0 Å². The third kappa shape index (κ3) is 5.33. The van der Waals surface area contributed by atoms with E-state index in [1.54, 1.807) is 0 Å². The molecule has 0 aromatic heterocycles. The predicted molar refractivity (Wildman–Crippen MR) is 126 cm³/mol. The van der Waals surface area contributed by atoms with Crippen LogP contribution in [-0.2, 0) is 20.0 Å². The van der Waals surface area contributed by atoms with Gasteiger partial charge in [-0.25, -0.2) is 21.1 Å². The SMILES string of the molecule is COc1ccc(NC(=O)c2cc(S(=O)(=O)N(C)C)ccc2Cl)cc1S(=O)(=O)N1CCCCC1. The highest BCUT2D eigenvalue weighted by atomic mass is 35.5. The number of nitrogens with zero attached hydrogens (tertiary/aromatic N) is 2. The monoisotopic (exact) mass is 515 g/mol. The van der Waals surface area contributed by atoms with Gasteiger partial charge in [0.05, 0.1) is 22.6 Å². The second-order valence-electron chi connectivity index (χ2n) is 7.71. The largest absolute Gasteiger partial charge is 0.495 e. The molecule has 2 aromatic rings. The summed E-state index contributed by atoms with van der Waals surface area (Å²) in [5.74, 6) is -0.516. The molecule has 0 bridgehead atoms. The minimum absolute atomic E-state index is 0.0554. The maximum atomic E-state index is 13.2. The summed E-state index contributed by atoms with van der Waals surface area (Å²) in [5, 5.41) is 2.66. The lowest BCUT2D eigenvalue weighted by Crippen LogP contribution is -2.35. The summed E-state index contributed by atoms with van der Waals surface area (Å²) in [5.41, 5.74) is 0.143. The van der Waals surface area contributed by atoms with Crippen LogP contribution in [0.5, 0.6) is 5.75 Å². The Balaban J connectivity index is 1.95. The molecule has 1 aliphatic heterocycles. The molecule has 1 amide bonds. The van der Waals surface area contributed by atoms with Gasteiger partial charge in [-0.15, -0.1) is 0 Å². The van der Waals surface area contributed by atoms with E-state index in [1.807, 2.05) is 0 Å². The number of nitrogens with one attached hydrogen (secondary N) is 1.